The first-order valence-corrected chi connectivity index (χ1v) is 6.43. The molecule has 1 aromatic heterocycles. The maximum Gasteiger partial charge on any atom is 0.225 e. The second-order valence-corrected chi connectivity index (χ2v) is 4.83. The van der Waals surface area contributed by atoms with E-state index in [1.165, 1.54) is 5.69 Å². The van der Waals surface area contributed by atoms with Crippen LogP contribution in [0.2, 0.25) is 0 Å². The maximum atomic E-state index is 12.2. The molecule has 19 heavy (non-hydrogen) atoms. The summed E-state index contributed by atoms with van der Waals surface area (Å²) >= 11 is 0. The Morgan fingerprint density at radius 3 is 2.95 bits per heavy atom. The first kappa shape index (κ1) is 14.0. The van der Waals surface area contributed by atoms with Crippen molar-refractivity contribution in [2.45, 2.75) is 25.4 Å². The largest absolute Gasteiger partial charge is 0.384 e. The number of carbonyl (C=O) groups is 1. The molecule has 1 atom stereocenters. The van der Waals surface area contributed by atoms with Crippen molar-refractivity contribution in [3.8, 4) is 0 Å². The van der Waals surface area contributed by atoms with Crippen LogP contribution in [0.4, 0.5) is 0 Å². The van der Waals surface area contributed by atoms with Crippen LogP contribution >= 0.6 is 0 Å². The lowest BCUT2D eigenvalue weighted by Gasteiger charge is -2.35. The third kappa shape index (κ3) is 2.96. The molecule has 0 saturated carbocycles. The molecule has 0 spiro atoms. The molecule has 0 aromatic carbocycles. The Labute approximate surface area is 113 Å². The zero-order valence-electron chi connectivity index (χ0n) is 11.8. The van der Waals surface area contributed by atoms with E-state index in [0.717, 1.165) is 12.1 Å². The van der Waals surface area contributed by atoms with Crippen LogP contribution < -0.4 is 0 Å². The average molecular weight is 267 g/mol. The number of hydrogen-bond acceptors (Lipinski definition) is 4. The summed E-state index contributed by atoms with van der Waals surface area (Å²) in [5.74, 6) is 0.0974. The number of imidazole rings is 1. The van der Waals surface area contributed by atoms with Gasteiger partial charge in [0.05, 0.1) is 44.2 Å². The van der Waals surface area contributed by atoms with Gasteiger partial charge in [-0.15, -0.1) is 0 Å². The number of aryl methyl sites for hydroxylation is 1. The van der Waals surface area contributed by atoms with Gasteiger partial charge in [-0.1, -0.05) is 0 Å². The maximum absolute atomic E-state index is 12.2. The average Bonchev–Trinajstić information content (AvgIpc) is 2.77. The molecule has 106 valence electrons. The summed E-state index contributed by atoms with van der Waals surface area (Å²) in [6, 6.07) is 0.0808. The van der Waals surface area contributed by atoms with E-state index >= 15 is 0 Å². The summed E-state index contributed by atoms with van der Waals surface area (Å²) in [6.45, 7) is 1.56. The van der Waals surface area contributed by atoms with Crippen LogP contribution in [0.5, 0.6) is 0 Å². The molecule has 0 unspecified atom stereocenters. The van der Waals surface area contributed by atoms with E-state index < -0.39 is 0 Å². The predicted octanol–water partition coefficient (Wildman–Crippen LogP) is 0.356. The normalized spacial score (nSPS) is 18.5. The molecule has 1 aliphatic heterocycles. The summed E-state index contributed by atoms with van der Waals surface area (Å²) in [4.78, 5) is 18.4. The number of carbonyl (C=O) groups excluding carboxylic acids is 1. The Balaban J connectivity index is 2.14. The third-order valence-corrected chi connectivity index (χ3v) is 3.53. The van der Waals surface area contributed by atoms with Crippen LogP contribution in [0.15, 0.2) is 6.33 Å². The molecular weight excluding hydrogens is 246 g/mol. The highest BCUT2D eigenvalue weighted by Gasteiger charge is 2.31. The fraction of sp³-hybridized carbons (Fsp3) is 0.692. The van der Waals surface area contributed by atoms with Gasteiger partial charge in [0.15, 0.2) is 0 Å². The fourth-order valence-corrected chi connectivity index (χ4v) is 2.49. The van der Waals surface area contributed by atoms with Crippen molar-refractivity contribution < 1.29 is 14.3 Å². The Morgan fingerprint density at radius 1 is 1.47 bits per heavy atom. The molecule has 0 radical (unpaired) electrons. The van der Waals surface area contributed by atoms with Crippen LogP contribution in [0, 0.1) is 0 Å². The van der Waals surface area contributed by atoms with Crippen molar-refractivity contribution >= 4 is 5.91 Å². The molecule has 0 aliphatic carbocycles. The molecular formula is C13H21N3O3. The fourth-order valence-electron chi connectivity index (χ4n) is 2.49. The molecule has 0 N–H and O–H groups in total. The van der Waals surface area contributed by atoms with E-state index in [2.05, 4.69) is 4.98 Å². The number of fused-ring (bicyclic) bond motifs is 1. The monoisotopic (exact) mass is 267 g/mol. The SMILES string of the molecule is COCCC(=O)N1Cc2ncn(C)c2C[C@@H]1COC. The van der Waals surface area contributed by atoms with Gasteiger partial charge in [-0.25, -0.2) is 4.98 Å². The molecule has 1 amide bonds. The lowest BCUT2D eigenvalue weighted by molar-refractivity contribution is -0.137. The van der Waals surface area contributed by atoms with Crippen LogP contribution in [0.1, 0.15) is 17.8 Å². The van der Waals surface area contributed by atoms with Crippen molar-refractivity contribution in [2.24, 2.45) is 7.05 Å². The summed E-state index contributed by atoms with van der Waals surface area (Å²) in [6.07, 6.45) is 2.99. The number of nitrogens with zero attached hydrogens (tertiary/aromatic N) is 3. The van der Waals surface area contributed by atoms with Gasteiger partial charge in [-0.2, -0.15) is 0 Å². The van der Waals surface area contributed by atoms with Gasteiger partial charge in [-0.3, -0.25) is 4.79 Å². The van der Waals surface area contributed by atoms with E-state index in [9.17, 15) is 4.79 Å². The molecule has 1 aliphatic rings. The Morgan fingerprint density at radius 2 is 2.26 bits per heavy atom. The molecule has 0 bridgehead atoms. The van der Waals surface area contributed by atoms with Gasteiger partial charge < -0.3 is 18.9 Å². The van der Waals surface area contributed by atoms with Gasteiger partial charge in [-0.05, 0) is 0 Å². The molecule has 6 nitrogen and oxygen atoms in total. The summed E-state index contributed by atoms with van der Waals surface area (Å²) < 4.78 is 12.2. The van der Waals surface area contributed by atoms with Crippen LogP contribution in [0.25, 0.3) is 0 Å². The van der Waals surface area contributed by atoms with E-state index in [-0.39, 0.29) is 11.9 Å². The summed E-state index contributed by atoms with van der Waals surface area (Å²) in [5.41, 5.74) is 2.18. The molecule has 1 aromatic rings. The quantitative estimate of drug-likeness (QED) is 0.773. The van der Waals surface area contributed by atoms with E-state index in [1.807, 2.05) is 16.5 Å². The predicted molar refractivity (Wildman–Crippen MR) is 69.6 cm³/mol. The molecule has 6 heteroatoms. The van der Waals surface area contributed by atoms with Crippen molar-refractivity contribution in [1.29, 1.82) is 0 Å². The summed E-state index contributed by atoms with van der Waals surface area (Å²) in [7, 11) is 5.25. The molecule has 2 rings (SSSR count). The van der Waals surface area contributed by atoms with Crippen LogP contribution in [-0.2, 0) is 34.3 Å². The number of rotatable bonds is 5. The van der Waals surface area contributed by atoms with E-state index in [4.69, 9.17) is 9.47 Å². The van der Waals surface area contributed by atoms with Gasteiger partial charge in [0.2, 0.25) is 5.91 Å². The second kappa shape index (κ2) is 6.16. The van der Waals surface area contributed by atoms with Crippen molar-refractivity contribution in [3.05, 3.63) is 17.7 Å². The van der Waals surface area contributed by atoms with E-state index in [1.54, 1.807) is 20.5 Å². The first-order chi connectivity index (χ1) is 9.17. The molecule has 0 fully saturated rings. The molecule has 2 heterocycles. The highest BCUT2D eigenvalue weighted by molar-refractivity contribution is 5.77. The topological polar surface area (TPSA) is 56.6 Å². The number of aromatic nitrogens is 2. The summed E-state index contributed by atoms with van der Waals surface area (Å²) in [5, 5.41) is 0. The van der Waals surface area contributed by atoms with Crippen LogP contribution in [-0.4, -0.2) is 53.8 Å². The lowest BCUT2D eigenvalue weighted by Crippen LogP contribution is -2.47. The Kier molecular flexibility index (Phi) is 4.55. The van der Waals surface area contributed by atoms with Crippen molar-refractivity contribution in [2.75, 3.05) is 27.4 Å². The van der Waals surface area contributed by atoms with Gasteiger partial charge in [0, 0.05) is 33.4 Å². The van der Waals surface area contributed by atoms with Gasteiger partial charge >= 0.3 is 0 Å². The first-order valence-electron chi connectivity index (χ1n) is 6.43. The van der Waals surface area contributed by atoms with Crippen molar-refractivity contribution in [1.82, 2.24) is 14.5 Å². The Bertz CT molecular complexity index is 444. The van der Waals surface area contributed by atoms with Gasteiger partial charge in [0.1, 0.15) is 0 Å². The van der Waals surface area contributed by atoms with Gasteiger partial charge in [0.25, 0.3) is 0 Å². The molecule has 0 saturated heterocycles. The van der Waals surface area contributed by atoms with Crippen molar-refractivity contribution in [3.63, 3.8) is 0 Å². The minimum absolute atomic E-state index is 0.0808. The number of hydrogen-bond donors (Lipinski definition) is 0. The second-order valence-electron chi connectivity index (χ2n) is 4.83. The standard InChI is InChI=1S/C13H21N3O3/c1-15-9-14-11-7-16(13(17)4-5-18-2)10(8-19-3)6-12(11)15/h9-10H,4-8H2,1-3H3/t10-/m1/s1. The third-order valence-electron chi connectivity index (χ3n) is 3.53. The lowest BCUT2D eigenvalue weighted by atomic mass is 10.0. The highest BCUT2D eigenvalue weighted by Crippen LogP contribution is 2.23. The number of ether oxygens (including phenoxy) is 2. The highest BCUT2D eigenvalue weighted by atomic mass is 16.5. The zero-order valence-corrected chi connectivity index (χ0v) is 11.8. The smallest absolute Gasteiger partial charge is 0.225 e. The number of amides is 1. The zero-order chi connectivity index (χ0) is 13.8. The minimum Gasteiger partial charge on any atom is -0.384 e. The minimum atomic E-state index is 0.0808. The van der Waals surface area contributed by atoms with Crippen LogP contribution in [0.3, 0.4) is 0 Å². The van der Waals surface area contributed by atoms with E-state index in [0.29, 0.717) is 26.2 Å². The number of methoxy groups -OCH3 is 2. The Hall–Kier alpha value is -1.40.